The fraction of sp³-hybridized carbons (Fsp3) is 0.500. The Morgan fingerprint density at radius 3 is 2.41 bits per heavy atom. The van der Waals surface area contributed by atoms with Crippen molar-refractivity contribution in [2.75, 3.05) is 31.1 Å². The Morgan fingerprint density at radius 1 is 1.19 bits per heavy atom. The van der Waals surface area contributed by atoms with Crippen molar-refractivity contribution in [3.05, 3.63) is 22.2 Å². The van der Waals surface area contributed by atoms with Crippen LogP contribution in [0.3, 0.4) is 0 Å². The van der Waals surface area contributed by atoms with Crippen LogP contribution in [0.15, 0.2) is 6.07 Å². The summed E-state index contributed by atoms with van der Waals surface area (Å²) < 4.78 is 5.70. The maximum Gasteiger partial charge on any atom is 0.303 e. The van der Waals surface area contributed by atoms with E-state index < -0.39 is 11.9 Å². The molecule has 2 aliphatic heterocycles. The number of ether oxygens (including phenoxy) is 1. The molecule has 1 aromatic carbocycles. The lowest BCUT2D eigenvalue weighted by atomic mass is 10.00. The molecule has 0 bridgehead atoms. The number of rotatable bonds is 3. The van der Waals surface area contributed by atoms with Gasteiger partial charge in [-0.05, 0) is 43.1 Å². The molecule has 0 fully saturated rings. The minimum absolute atomic E-state index is 0.0345. The molecule has 148 valence electrons. The number of hydrogen-bond acceptors (Lipinski definition) is 5. The minimum Gasteiger partial charge on any atom is -0.488 e. The van der Waals surface area contributed by atoms with Crippen LogP contribution in [-0.2, 0) is 27.2 Å². The molecule has 2 heterocycles. The van der Waals surface area contributed by atoms with Crippen molar-refractivity contribution in [3.8, 4) is 5.75 Å². The summed E-state index contributed by atoms with van der Waals surface area (Å²) in [5, 5.41) is 19.8. The molecule has 1 aromatic rings. The van der Waals surface area contributed by atoms with Gasteiger partial charge in [0, 0.05) is 6.92 Å². The fourth-order valence-corrected chi connectivity index (χ4v) is 3.37. The molecule has 0 saturated heterocycles. The van der Waals surface area contributed by atoms with Crippen LogP contribution in [0.4, 0.5) is 5.69 Å². The van der Waals surface area contributed by atoms with E-state index >= 15 is 0 Å². The SMILES string of the molecule is CC(=O)N1CCOc2c1cc1c(c2Cl)CCNCC1.O=C(O)CCC(=O)O. The number of carboxylic acids is 2. The highest BCUT2D eigenvalue weighted by Crippen LogP contribution is 2.42. The van der Waals surface area contributed by atoms with Crippen molar-refractivity contribution in [3.63, 3.8) is 0 Å². The van der Waals surface area contributed by atoms with Crippen LogP contribution in [0.5, 0.6) is 5.75 Å². The number of fused-ring (bicyclic) bond motifs is 2. The highest BCUT2D eigenvalue weighted by atomic mass is 35.5. The largest absolute Gasteiger partial charge is 0.488 e. The number of aliphatic carboxylic acids is 2. The lowest BCUT2D eigenvalue weighted by Gasteiger charge is -2.30. The van der Waals surface area contributed by atoms with Crippen molar-refractivity contribution in [2.24, 2.45) is 0 Å². The van der Waals surface area contributed by atoms with Gasteiger partial charge in [-0.1, -0.05) is 11.6 Å². The zero-order valence-corrected chi connectivity index (χ0v) is 15.8. The summed E-state index contributed by atoms with van der Waals surface area (Å²) >= 11 is 6.50. The molecular formula is C18H23ClN2O6. The van der Waals surface area contributed by atoms with Crippen LogP contribution in [0.2, 0.25) is 5.02 Å². The number of carbonyl (C=O) groups is 3. The molecule has 0 unspecified atom stereocenters. The van der Waals surface area contributed by atoms with Crippen molar-refractivity contribution in [1.82, 2.24) is 5.32 Å². The molecule has 0 aliphatic carbocycles. The van der Waals surface area contributed by atoms with Gasteiger partial charge in [-0.3, -0.25) is 14.4 Å². The number of amides is 1. The van der Waals surface area contributed by atoms with Crippen molar-refractivity contribution in [1.29, 1.82) is 0 Å². The zero-order chi connectivity index (χ0) is 20.0. The van der Waals surface area contributed by atoms with Crippen LogP contribution in [0.1, 0.15) is 30.9 Å². The number of halogens is 1. The van der Waals surface area contributed by atoms with Crippen molar-refractivity contribution < 1.29 is 29.3 Å². The number of nitrogens with one attached hydrogen (secondary N) is 1. The van der Waals surface area contributed by atoms with Gasteiger partial charge in [0.25, 0.3) is 0 Å². The van der Waals surface area contributed by atoms with Gasteiger partial charge in [0.05, 0.1) is 30.1 Å². The molecule has 0 atom stereocenters. The monoisotopic (exact) mass is 398 g/mol. The first-order valence-electron chi connectivity index (χ1n) is 8.70. The lowest BCUT2D eigenvalue weighted by molar-refractivity contribution is -0.143. The van der Waals surface area contributed by atoms with Crippen molar-refractivity contribution in [2.45, 2.75) is 32.6 Å². The highest BCUT2D eigenvalue weighted by molar-refractivity contribution is 6.33. The molecule has 0 saturated carbocycles. The Hall–Kier alpha value is -2.32. The van der Waals surface area contributed by atoms with E-state index in [9.17, 15) is 14.4 Å². The molecule has 0 spiro atoms. The molecule has 27 heavy (non-hydrogen) atoms. The third-order valence-corrected chi connectivity index (χ3v) is 4.70. The van der Waals surface area contributed by atoms with Crippen LogP contribution < -0.4 is 15.0 Å². The first-order chi connectivity index (χ1) is 12.8. The summed E-state index contributed by atoms with van der Waals surface area (Å²) in [5.74, 6) is -1.45. The minimum atomic E-state index is -1.08. The van der Waals surface area contributed by atoms with E-state index in [-0.39, 0.29) is 18.7 Å². The Kier molecular flexibility index (Phi) is 7.44. The van der Waals surface area contributed by atoms with Gasteiger partial charge in [0.15, 0.2) is 5.75 Å². The Bertz CT molecular complexity index is 723. The van der Waals surface area contributed by atoms with Gasteiger partial charge < -0.3 is 25.2 Å². The summed E-state index contributed by atoms with van der Waals surface area (Å²) in [6.07, 6.45) is 1.25. The molecule has 9 heteroatoms. The number of carboxylic acid groups (broad SMARTS) is 2. The third-order valence-electron chi connectivity index (χ3n) is 4.30. The third kappa shape index (κ3) is 5.58. The molecule has 3 rings (SSSR count). The summed E-state index contributed by atoms with van der Waals surface area (Å²) in [5.41, 5.74) is 3.21. The van der Waals surface area contributed by atoms with Crippen LogP contribution >= 0.6 is 11.6 Å². The smallest absolute Gasteiger partial charge is 0.303 e. The topological polar surface area (TPSA) is 116 Å². The molecule has 0 radical (unpaired) electrons. The zero-order valence-electron chi connectivity index (χ0n) is 15.1. The van der Waals surface area contributed by atoms with Gasteiger partial charge in [0.2, 0.25) is 5.91 Å². The van der Waals surface area contributed by atoms with Gasteiger partial charge in [-0.2, -0.15) is 0 Å². The van der Waals surface area contributed by atoms with E-state index in [4.69, 9.17) is 26.6 Å². The Labute approximate surface area is 162 Å². The maximum atomic E-state index is 11.7. The fourth-order valence-electron chi connectivity index (χ4n) is 3.00. The first kappa shape index (κ1) is 21.0. The maximum absolute atomic E-state index is 11.7. The quantitative estimate of drug-likeness (QED) is 0.709. The Balaban J connectivity index is 0.000000279. The molecule has 1 amide bonds. The second kappa shape index (κ2) is 9.57. The van der Waals surface area contributed by atoms with Crippen LogP contribution in [0, 0.1) is 0 Å². The molecule has 8 nitrogen and oxygen atoms in total. The average molecular weight is 399 g/mol. The summed E-state index contributed by atoms with van der Waals surface area (Å²) in [7, 11) is 0. The van der Waals surface area contributed by atoms with E-state index in [0.29, 0.717) is 23.9 Å². The van der Waals surface area contributed by atoms with Crippen molar-refractivity contribution >= 4 is 35.1 Å². The molecule has 3 N–H and O–H groups in total. The highest BCUT2D eigenvalue weighted by Gasteiger charge is 2.27. The predicted octanol–water partition coefficient (Wildman–Crippen LogP) is 1.71. The van der Waals surface area contributed by atoms with Gasteiger partial charge >= 0.3 is 11.9 Å². The van der Waals surface area contributed by atoms with E-state index in [1.165, 1.54) is 5.56 Å². The normalized spacial score (nSPS) is 15.3. The second-order valence-electron chi connectivity index (χ2n) is 6.23. The first-order valence-corrected chi connectivity index (χ1v) is 9.08. The van der Waals surface area contributed by atoms with E-state index in [1.54, 1.807) is 11.8 Å². The number of hydrogen-bond donors (Lipinski definition) is 3. The van der Waals surface area contributed by atoms with Gasteiger partial charge in [-0.15, -0.1) is 0 Å². The number of benzene rings is 1. The van der Waals surface area contributed by atoms with E-state index in [0.717, 1.165) is 37.2 Å². The molecular weight excluding hydrogens is 376 g/mol. The summed E-state index contributed by atoms with van der Waals surface area (Å²) in [4.78, 5) is 32.8. The van der Waals surface area contributed by atoms with Crippen LogP contribution in [0.25, 0.3) is 0 Å². The van der Waals surface area contributed by atoms with E-state index in [2.05, 4.69) is 11.4 Å². The standard InChI is InChI=1S/C14H17ClN2O2.C4H6O4/c1-9(18)17-6-7-19-14-12(17)8-10-2-4-16-5-3-11(10)13(14)15;5-3(6)1-2-4(7)8/h8,16H,2-7H2,1H3;1-2H2,(H,5,6)(H,7,8). The predicted molar refractivity (Wildman–Crippen MR) is 99.8 cm³/mol. The average Bonchev–Trinajstić information content (AvgIpc) is 2.86. The van der Waals surface area contributed by atoms with E-state index in [1.807, 2.05) is 0 Å². The molecule has 2 aliphatic rings. The second-order valence-corrected chi connectivity index (χ2v) is 6.61. The number of carbonyl (C=O) groups excluding carboxylic acids is 1. The van der Waals surface area contributed by atoms with Gasteiger partial charge in [-0.25, -0.2) is 0 Å². The summed E-state index contributed by atoms with van der Waals surface area (Å²) in [6.45, 7) is 4.56. The Morgan fingerprint density at radius 2 is 1.81 bits per heavy atom. The molecule has 0 aromatic heterocycles. The number of anilines is 1. The number of nitrogens with zero attached hydrogens (tertiary/aromatic N) is 1. The summed E-state index contributed by atoms with van der Waals surface area (Å²) in [6, 6.07) is 2.07. The van der Waals surface area contributed by atoms with Gasteiger partial charge in [0.1, 0.15) is 6.61 Å². The van der Waals surface area contributed by atoms with Crippen LogP contribution in [-0.4, -0.2) is 54.3 Å². The lowest BCUT2D eigenvalue weighted by Crippen LogP contribution is -2.36.